The van der Waals surface area contributed by atoms with Crippen LogP contribution in [0.1, 0.15) is 29.3 Å². The summed E-state index contributed by atoms with van der Waals surface area (Å²) in [6.07, 6.45) is 1.65. The summed E-state index contributed by atoms with van der Waals surface area (Å²) in [6.45, 7) is 1.91. The third-order valence-electron chi connectivity index (χ3n) is 3.32. The van der Waals surface area contributed by atoms with Gasteiger partial charge in [-0.15, -0.1) is 0 Å². The first-order valence-corrected chi connectivity index (χ1v) is 6.96. The van der Waals surface area contributed by atoms with Gasteiger partial charge in [-0.2, -0.15) is 0 Å². The van der Waals surface area contributed by atoms with Gasteiger partial charge in [0.2, 0.25) is 0 Å². The monoisotopic (exact) mass is 286 g/mol. The molecule has 3 nitrogen and oxygen atoms in total. The van der Waals surface area contributed by atoms with Gasteiger partial charge in [-0.3, -0.25) is 4.79 Å². The number of rotatable bonds is 5. The Bertz CT molecular complexity index is 613. The Morgan fingerprint density at radius 3 is 2.67 bits per heavy atom. The number of anilines is 1. The summed E-state index contributed by atoms with van der Waals surface area (Å²) in [5.41, 5.74) is 7.16. The zero-order valence-corrected chi connectivity index (χ0v) is 12.0. The van der Waals surface area contributed by atoms with Crippen LogP contribution in [0.15, 0.2) is 48.5 Å². The highest BCUT2D eigenvalue weighted by Gasteiger charge is 2.14. The first kappa shape index (κ1) is 15.0. The molecular formula is C17H19FN2O. The van der Waals surface area contributed by atoms with E-state index in [4.69, 9.17) is 5.73 Å². The van der Waals surface area contributed by atoms with Crippen LogP contribution >= 0.6 is 0 Å². The van der Waals surface area contributed by atoms with E-state index >= 15 is 0 Å². The van der Waals surface area contributed by atoms with Crippen molar-refractivity contribution in [3.63, 3.8) is 0 Å². The summed E-state index contributed by atoms with van der Waals surface area (Å²) in [5.74, 6) is -0.989. The molecule has 1 atom stereocenters. The Kier molecular flexibility index (Phi) is 4.93. The molecule has 21 heavy (non-hydrogen) atoms. The first-order valence-electron chi connectivity index (χ1n) is 6.96. The van der Waals surface area contributed by atoms with Gasteiger partial charge in [-0.25, -0.2) is 4.39 Å². The maximum Gasteiger partial charge on any atom is 0.254 e. The number of amides is 1. The van der Waals surface area contributed by atoms with Crippen molar-refractivity contribution < 1.29 is 9.18 Å². The van der Waals surface area contributed by atoms with Gasteiger partial charge in [-0.05, 0) is 43.5 Å². The molecule has 2 rings (SSSR count). The van der Waals surface area contributed by atoms with Gasteiger partial charge in [-0.1, -0.05) is 30.3 Å². The number of nitrogens with one attached hydrogen (secondary N) is 1. The average Bonchev–Trinajstić information content (AvgIpc) is 2.48. The average molecular weight is 286 g/mol. The molecule has 4 heteroatoms. The van der Waals surface area contributed by atoms with Crippen LogP contribution in [-0.4, -0.2) is 11.9 Å². The summed E-state index contributed by atoms with van der Waals surface area (Å²) in [5, 5.41) is 2.80. The molecule has 1 unspecified atom stereocenters. The molecule has 110 valence electrons. The largest absolute Gasteiger partial charge is 0.399 e. The molecule has 3 N–H and O–H groups in total. The first-order chi connectivity index (χ1) is 10.1. The molecule has 0 aliphatic heterocycles. The van der Waals surface area contributed by atoms with E-state index in [2.05, 4.69) is 5.32 Å². The second-order valence-corrected chi connectivity index (χ2v) is 5.14. The smallest absolute Gasteiger partial charge is 0.254 e. The lowest BCUT2D eigenvalue weighted by Crippen LogP contribution is -2.33. The van der Waals surface area contributed by atoms with Gasteiger partial charge in [0.1, 0.15) is 5.82 Å². The third-order valence-corrected chi connectivity index (χ3v) is 3.32. The topological polar surface area (TPSA) is 55.1 Å². The molecular weight excluding hydrogens is 267 g/mol. The van der Waals surface area contributed by atoms with Crippen molar-refractivity contribution in [1.82, 2.24) is 5.32 Å². The predicted octanol–water partition coefficient (Wildman–Crippen LogP) is 3.16. The van der Waals surface area contributed by atoms with Crippen molar-refractivity contribution in [2.45, 2.75) is 25.8 Å². The quantitative estimate of drug-likeness (QED) is 0.830. The molecule has 0 spiro atoms. The summed E-state index contributed by atoms with van der Waals surface area (Å²) in [4.78, 5) is 12.0. The minimum Gasteiger partial charge on any atom is -0.399 e. The van der Waals surface area contributed by atoms with Crippen LogP contribution in [0.5, 0.6) is 0 Å². The molecule has 0 saturated carbocycles. The van der Waals surface area contributed by atoms with Crippen LogP contribution in [0.25, 0.3) is 0 Å². The van der Waals surface area contributed by atoms with E-state index in [1.165, 1.54) is 23.8 Å². The molecule has 0 aromatic heterocycles. The fraction of sp³-hybridized carbons (Fsp3) is 0.235. The summed E-state index contributed by atoms with van der Waals surface area (Å²) < 4.78 is 13.6. The number of carbonyl (C=O) groups is 1. The van der Waals surface area contributed by atoms with Gasteiger partial charge in [0.25, 0.3) is 5.91 Å². The van der Waals surface area contributed by atoms with E-state index in [1.807, 2.05) is 37.3 Å². The van der Waals surface area contributed by atoms with E-state index in [0.717, 1.165) is 12.8 Å². The Morgan fingerprint density at radius 2 is 1.95 bits per heavy atom. The van der Waals surface area contributed by atoms with Crippen LogP contribution in [0.3, 0.4) is 0 Å². The molecule has 0 aliphatic rings. The normalized spacial score (nSPS) is 11.9. The number of benzene rings is 2. The minimum absolute atomic E-state index is 0.0124. The van der Waals surface area contributed by atoms with E-state index in [9.17, 15) is 9.18 Å². The minimum atomic E-state index is -0.558. The molecule has 0 radical (unpaired) electrons. The number of hydrogen-bond donors (Lipinski definition) is 2. The number of nitrogens with two attached hydrogens (primary N) is 1. The number of carbonyl (C=O) groups excluding carboxylic acids is 1. The second-order valence-electron chi connectivity index (χ2n) is 5.14. The molecule has 0 saturated heterocycles. The lowest BCUT2D eigenvalue weighted by atomic mass is 10.1. The van der Waals surface area contributed by atoms with Crippen LogP contribution in [0.2, 0.25) is 0 Å². The Labute approximate surface area is 124 Å². The zero-order valence-electron chi connectivity index (χ0n) is 12.0. The highest BCUT2D eigenvalue weighted by molar-refractivity contribution is 5.95. The summed E-state index contributed by atoms with van der Waals surface area (Å²) in [6, 6.07) is 14.0. The van der Waals surface area contributed by atoms with Crippen molar-refractivity contribution in [2.75, 3.05) is 5.73 Å². The number of nitrogen functional groups attached to an aromatic ring is 1. The fourth-order valence-corrected chi connectivity index (χ4v) is 2.12. The van der Waals surface area contributed by atoms with Crippen molar-refractivity contribution >= 4 is 11.6 Å². The third kappa shape index (κ3) is 4.31. The van der Waals surface area contributed by atoms with Crippen molar-refractivity contribution in [3.8, 4) is 0 Å². The Hall–Kier alpha value is -2.36. The molecule has 0 fully saturated rings. The predicted molar refractivity (Wildman–Crippen MR) is 82.5 cm³/mol. The lowest BCUT2D eigenvalue weighted by Gasteiger charge is -2.14. The van der Waals surface area contributed by atoms with Crippen LogP contribution in [0, 0.1) is 5.82 Å². The van der Waals surface area contributed by atoms with Gasteiger partial charge >= 0.3 is 0 Å². The molecule has 0 aliphatic carbocycles. The molecule has 0 heterocycles. The lowest BCUT2D eigenvalue weighted by molar-refractivity contribution is 0.0934. The summed E-state index contributed by atoms with van der Waals surface area (Å²) in [7, 11) is 0. The highest BCUT2D eigenvalue weighted by atomic mass is 19.1. The Balaban J connectivity index is 1.91. The molecule has 0 bridgehead atoms. The number of hydrogen-bond acceptors (Lipinski definition) is 2. The van der Waals surface area contributed by atoms with Gasteiger partial charge in [0.05, 0.1) is 5.56 Å². The molecule has 1 amide bonds. The van der Waals surface area contributed by atoms with E-state index in [1.54, 1.807) is 0 Å². The second kappa shape index (κ2) is 6.88. The Morgan fingerprint density at radius 1 is 1.24 bits per heavy atom. The van der Waals surface area contributed by atoms with E-state index in [0.29, 0.717) is 5.69 Å². The van der Waals surface area contributed by atoms with Crippen LogP contribution in [0.4, 0.5) is 10.1 Å². The van der Waals surface area contributed by atoms with Gasteiger partial charge in [0.15, 0.2) is 0 Å². The number of aryl methyl sites for hydroxylation is 1. The highest BCUT2D eigenvalue weighted by Crippen LogP contribution is 2.12. The van der Waals surface area contributed by atoms with Crippen LogP contribution in [-0.2, 0) is 6.42 Å². The maximum atomic E-state index is 13.6. The zero-order chi connectivity index (χ0) is 15.2. The SMILES string of the molecule is CC(CCc1ccccc1)NC(=O)c1cc(N)ccc1F. The van der Waals surface area contributed by atoms with Crippen molar-refractivity contribution in [2.24, 2.45) is 0 Å². The van der Waals surface area contributed by atoms with E-state index < -0.39 is 11.7 Å². The fourth-order valence-electron chi connectivity index (χ4n) is 2.12. The van der Waals surface area contributed by atoms with Crippen molar-refractivity contribution in [3.05, 3.63) is 65.5 Å². The molecule has 2 aromatic carbocycles. The van der Waals surface area contributed by atoms with Crippen molar-refractivity contribution in [1.29, 1.82) is 0 Å². The van der Waals surface area contributed by atoms with Gasteiger partial charge < -0.3 is 11.1 Å². The molecule has 2 aromatic rings. The summed E-state index contributed by atoms with van der Waals surface area (Å²) >= 11 is 0. The number of halogens is 1. The van der Waals surface area contributed by atoms with Crippen LogP contribution < -0.4 is 11.1 Å². The van der Waals surface area contributed by atoms with Gasteiger partial charge in [0, 0.05) is 11.7 Å². The maximum absolute atomic E-state index is 13.6. The van der Waals surface area contributed by atoms with E-state index in [-0.39, 0.29) is 11.6 Å². The standard InChI is InChI=1S/C17H19FN2O/c1-12(7-8-13-5-3-2-4-6-13)20-17(21)15-11-14(19)9-10-16(15)18/h2-6,9-12H,7-8,19H2,1H3,(H,20,21).